The zero-order valence-electron chi connectivity index (χ0n) is 7.72. The molecule has 0 saturated heterocycles. The van der Waals surface area contributed by atoms with Crippen LogP contribution in [0.2, 0.25) is 5.02 Å². The molecule has 1 aliphatic carbocycles. The van der Waals surface area contributed by atoms with Crippen molar-refractivity contribution >= 4 is 11.6 Å². The molecule has 0 aromatic heterocycles. The minimum atomic E-state index is 0.785. The molecule has 0 radical (unpaired) electrons. The molecule has 13 heavy (non-hydrogen) atoms. The van der Waals surface area contributed by atoms with Crippen LogP contribution in [0.4, 0.5) is 0 Å². The van der Waals surface area contributed by atoms with Gasteiger partial charge in [-0.2, -0.15) is 0 Å². The summed E-state index contributed by atoms with van der Waals surface area (Å²) in [6, 6.07) is 5.85. The first kappa shape index (κ1) is 8.89. The molecule has 0 spiro atoms. The first-order chi connectivity index (χ1) is 6.25. The second-order valence-electron chi connectivity index (χ2n) is 3.67. The van der Waals surface area contributed by atoms with Gasteiger partial charge < -0.3 is 4.74 Å². The van der Waals surface area contributed by atoms with Crippen molar-refractivity contribution in [3.8, 4) is 5.75 Å². The average molecular weight is 197 g/mol. The van der Waals surface area contributed by atoms with E-state index in [4.69, 9.17) is 16.3 Å². The molecule has 0 atom stereocenters. The summed E-state index contributed by atoms with van der Waals surface area (Å²) in [6.07, 6.45) is 2.64. The molecule has 0 unspecified atom stereocenters. The third-order valence-corrected chi connectivity index (χ3v) is 2.73. The summed E-state index contributed by atoms with van der Waals surface area (Å²) in [5.74, 6) is 1.68. The van der Waals surface area contributed by atoms with Crippen LogP contribution in [-0.2, 0) is 0 Å². The van der Waals surface area contributed by atoms with E-state index >= 15 is 0 Å². The summed E-state index contributed by atoms with van der Waals surface area (Å²) in [5.41, 5.74) is 1.10. The van der Waals surface area contributed by atoms with Crippen molar-refractivity contribution in [2.45, 2.75) is 19.8 Å². The molecular formula is C11H13ClO. The molecule has 1 nitrogen and oxygen atoms in total. The fourth-order valence-corrected chi connectivity index (χ4v) is 1.33. The van der Waals surface area contributed by atoms with Crippen LogP contribution >= 0.6 is 11.6 Å². The Hall–Kier alpha value is -0.690. The highest BCUT2D eigenvalue weighted by molar-refractivity contribution is 6.31. The first-order valence-electron chi connectivity index (χ1n) is 4.64. The SMILES string of the molecule is Cc1ccc(OCC2CC2)cc1Cl. The van der Waals surface area contributed by atoms with E-state index in [1.165, 1.54) is 12.8 Å². The van der Waals surface area contributed by atoms with Crippen molar-refractivity contribution in [3.63, 3.8) is 0 Å². The molecular weight excluding hydrogens is 184 g/mol. The molecule has 0 N–H and O–H groups in total. The molecule has 1 aromatic carbocycles. The van der Waals surface area contributed by atoms with Gasteiger partial charge in [-0.3, -0.25) is 0 Å². The lowest BCUT2D eigenvalue weighted by molar-refractivity contribution is 0.300. The number of ether oxygens (including phenoxy) is 1. The van der Waals surface area contributed by atoms with Crippen LogP contribution in [0.25, 0.3) is 0 Å². The van der Waals surface area contributed by atoms with Crippen LogP contribution in [0.3, 0.4) is 0 Å². The molecule has 0 bridgehead atoms. The number of benzene rings is 1. The van der Waals surface area contributed by atoms with E-state index in [0.29, 0.717) is 0 Å². The van der Waals surface area contributed by atoms with E-state index in [0.717, 1.165) is 28.9 Å². The fourth-order valence-electron chi connectivity index (χ4n) is 1.16. The van der Waals surface area contributed by atoms with Crippen LogP contribution in [0.5, 0.6) is 5.75 Å². The Morgan fingerprint density at radius 3 is 2.85 bits per heavy atom. The minimum absolute atomic E-state index is 0.785. The Kier molecular flexibility index (Phi) is 2.45. The average Bonchev–Trinajstić information content (AvgIpc) is 2.91. The Morgan fingerprint density at radius 2 is 2.23 bits per heavy atom. The van der Waals surface area contributed by atoms with Crippen molar-refractivity contribution in [1.82, 2.24) is 0 Å². The van der Waals surface area contributed by atoms with Crippen molar-refractivity contribution in [2.24, 2.45) is 5.92 Å². The number of hydrogen-bond acceptors (Lipinski definition) is 1. The summed E-state index contributed by atoms with van der Waals surface area (Å²) >= 11 is 5.96. The van der Waals surface area contributed by atoms with E-state index < -0.39 is 0 Å². The predicted molar refractivity (Wildman–Crippen MR) is 54.4 cm³/mol. The van der Waals surface area contributed by atoms with Gasteiger partial charge in [0, 0.05) is 5.02 Å². The molecule has 70 valence electrons. The second kappa shape index (κ2) is 3.59. The second-order valence-corrected chi connectivity index (χ2v) is 4.07. The molecule has 0 heterocycles. The van der Waals surface area contributed by atoms with Gasteiger partial charge in [-0.1, -0.05) is 17.7 Å². The van der Waals surface area contributed by atoms with Gasteiger partial charge in [-0.15, -0.1) is 0 Å². The van der Waals surface area contributed by atoms with Crippen LogP contribution < -0.4 is 4.74 Å². The highest BCUT2D eigenvalue weighted by Gasteiger charge is 2.21. The summed E-state index contributed by atoms with van der Waals surface area (Å²) in [4.78, 5) is 0. The molecule has 2 rings (SSSR count). The highest BCUT2D eigenvalue weighted by Crippen LogP contribution is 2.30. The Morgan fingerprint density at radius 1 is 1.46 bits per heavy atom. The van der Waals surface area contributed by atoms with Gasteiger partial charge in [-0.25, -0.2) is 0 Å². The molecule has 1 saturated carbocycles. The van der Waals surface area contributed by atoms with Crippen LogP contribution in [0, 0.1) is 12.8 Å². The van der Waals surface area contributed by atoms with Crippen molar-refractivity contribution in [2.75, 3.05) is 6.61 Å². The highest BCUT2D eigenvalue weighted by atomic mass is 35.5. The number of aryl methyl sites for hydroxylation is 1. The van der Waals surface area contributed by atoms with E-state index in [1.54, 1.807) is 0 Å². The minimum Gasteiger partial charge on any atom is -0.493 e. The topological polar surface area (TPSA) is 9.23 Å². The molecule has 1 aromatic rings. The lowest BCUT2D eigenvalue weighted by atomic mass is 10.2. The fraction of sp³-hybridized carbons (Fsp3) is 0.455. The summed E-state index contributed by atoms with van der Waals surface area (Å²) in [7, 11) is 0. The Bertz CT molecular complexity index is 305. The first-order valence-corrected chi connectivity index (χ1v) is 5.02. The van der Waals surface area contributed by atoms with Gasteiger partial charge in [0.1, 0.15) is 5.75 Å². The smallest absolute Gasteiger partial charge is 0.120 e. The van der Waals surface area contributed by atoms with E-state index in [-0.39, 0.29) is 0 Å². The van der Waals surface area contributed by atoms with E-state index in [9.17, 15) is 0 Å². The summed E-state index contributed by atoms with van der Waals surface area (Å²) in [6.45, 7) is 2.84. The number of hydrogen-bond donors (Lipinski definition) is 0. The van der Waals surface area contributed by atoms with E-state index in [2.05, 4.69) is 0 Å². The standard InChI is InChI=1S/C11H13ClO/c1-8-2-5-10(6-11(8)12)13-7-9-3-4-9/h2,5-6,9H,3-4,7H2,1H3. The summed E-state index contributed by atoms with van der Waals surface area (Å²) < 4.78 is 5.58. The third kappa shape index (κ3) is 2.38. The number of halogens is 1. The predicted octanol–water partition coefficient (Wildman–Crippen LogP) is 3.44. The van der Waals surface area contributed by atoms with Gasteiger partial charge >= 0.3 is 0 Å². The third-order valence-electron chi connectivity index (χ3n) is 2.33. The Labute approximate surface area is 83.7 Å². The molecule has 0 aliphatic heterocycles. The van der Waals surface area contributed by atoms with Crippen molar-refractivity contribution in [3.05, 3.63) is 28.8 Å². The van der Waals surface area contributed by atoms with Gasteiger partial charge in [0.25, 0.3) is 0 Å². The normalized spacial score (nSPS) is 15.8. The zero-order chi connectivity index (χ0) is 9.26. The lowest BCUT2D eigenvalue weighted by Gasteiger charge is -2.06. The van der Waals surface area contributed by atoms with E-state index in [1.807, 2.05) is 25.1 Å². The molecule has 2 heteroatoms. The molecule has 1 aliphatic rings. The largest absolute Gasteiger partial charge is 0.493 e. The molecule has 0 amide bonds. The van der Waals surface area contributed by atoms with Gasteiger partial charge in [0.15, 0.2) is 0 Å². The Balaban J connectivity index is 1.98. The van der Waals surface area contributed by atoms with Gasteiger partial charge in [0.2, 0.25) is 0 Å². The lowest BCUT2D eigenvalue weighted by Crippen LogP contribution is -1.98. The molecule has 1 fully saturated rings. The van der Waals surface area contributed by atoms with Crippen molar-refractivity contribution in [1.29, 1.82) is 0 Å². The van der Waals surface area contributed by atoms with Crippen molar-refractivity contribution < 1.29 is 4.74 Å². The number of rotatable bonds is 3. The monoisotopic (exact) mass is 196 g/mol. The van der Waals surface area contributed by atoms with Crippen LogP contribution in [0.1, 0.15) is 18.4 Å². The van der Waals surface area contributed by atoms with Crippen LogP contribution in [-0.4, -0.2) is 6.61 Å². The maximum atomic E-state index is 5.96. The maximum absolute atomic E-state index is 5.96. The van der Waals surface area contributed by atoms with Gasteiger partial charge in [-0.05, 0) is 43.4 Å². The van der Waals surface area contributed by atoms with Crippen LogP contribution in [0.15, 0.2) is 18.2 Å². The van der Waals surface area contributed by atoms with Gasteiger partial charge in [0.05, 0.1) is 6.61 Å². The summed E-state index contributed by atoms with van der Waals surface area (Å²) in [5, 5.41) is 0.785. The quantitative estimate of drug-likeness (QED) is 0.720. The maximum Gasteiger partial charge on any atom is 0.120 e. The zero-order valence-corrected chi connectivity index (χ0v) is 8.47.